The number of carbonyl (C=O) groups excluding carboxylic acids is 2. The van der Waals surface area contributed by atoms with Gasteiger partial charge < -0.3 is 15.0 Å². The predicted molar refractivity (Wildman–Crippen MR) is 111 cm³/mol. The van der Waals surface area contributed by atoms with Crippen LogP contribution in [0, 0.1) is 0 Å². The molecule has 0 aromatic heterocycles. The molecule has 0 aliphatic carbocycles. The van der Waals surface area contributed by atoms with Crippen LogP contribution in [0.2, 0.25) is 0 Å². The van der Waals surface area contributed by atoms with Crippen molar-refractivity contribution in [2.24, 2.45) is 0 Å². The zero-order chi connectivity index (χ0) is 20.6. The Bertz CT molecular complexity index is 754. The second-order valence-corrected chi connectivity index (χ2v) is 7.84. The van der Waals surface area contributed by atoms with Crippen molar-refractivity contribution >= 4 is 11.8 Å². The molecule has 2 aromatic rings. The summed E-state index contributed by atoms with van der Waals surface area (Å²) < 4.78 is 5.61. The average Bonchev–Trinajstić information content (AvgIpc) is 2.66. The van der Waals surface area contributed by atoms with Crippen molar-refractivity contribution in [3.8, 4) is 5.75 Å². The van der Waals surface area contributed by atoms with E-state index in [1.54, 1.807) is 24.0 Å². The Kier molecular flexibility index (Phi) is 7.61. The number of nitrogens with zero attached hydrogens (tertiary/aromatic N) is 1. The first-order valence-corrected chi connectivity index (χ1v) is 9.59. The van der Waals surface area contributed by atoms with Crippen LogP contribution in [0.4, 0.5) is 0 Å². The zero-order valence-electron chi connectivity index (χ0n) is 17.1. The highest BCUT2D eigenvalue weighted by Crippen LogP contribution is 2.11. The summed E-state index contributed by atoms with van der Waals surface area (Å²) in [4.78, 5) is 27.1. The maximum Gasteiger partial charge on any atom is 0.261 e. The van der Waals surface area contributed by atoms with E-state index in [2.05, 4.69) is 5.32 Å². The minimum atomic E-state index is -0.588. The van der Waals surface area contributed by atoms with E-state index in [4.69, 9.17) is 4.74 Å². The summed E-state index contributed by atoms with van der Waals surface area (Å²) in [5, 5.41) is 2.95. The van der Waals surface area contributed by atoms with Crippen LogP contribution in [0.5, 0.6) is 5.75 Å². The number of benzene rings is 2. The van der Waals surface area contributed by atoms with Crippen molar-refractivity contribution in [2.45, 2.75) is 45.7 Å². The summed E-state index contributed by atoms with van der Waals surface area (Å²) >= 11 is 0. The van der Waals surface area contributed by atoms with Crippen molar-refractivity contribution in [2.75, 3.05) is 13.2 Å². The summed E-state index contributed by atoms with van der Waals surface area (Å²) in [7, 11) is 0. The van der Waals surface area contributed by atoms with Gasteiger partial charge in [-0.2, -0.15) is 0 Å². The van der Waals surface area contributed by atoms with Gasteiger partial charge in [0.25, 0.3) is 5.91 Å². The molecule has 0 spiro atoms. The Hall–Kier alpha value is -2.82. The van der Waals surface area contributed by atoms with E-state index in [1.165, 1.54) is 0 Å². The van der Waals surface area contributed by atoms with Gasteiger partial charge in [-0.15, -0.1) is 0 Å². The summed E-state index contributed by atoms with van der Waals surface area (Å²) in [6.45, 7) is 7.86. The molecule has 28 heavy (non-hydrogen) atoms. The summed E-state index contributed by atoms with van der Waals surface area (Å²) in [6, 6.07) is 18.5. The number of amides is 2. The largest absolute Gasteiger partial charge is 0.484 e. The molecule has 0 fully saturated rings. The quantitative estimate of drug-likeness (QED) is 0.761. The minimum absolute atomic E-state index is 0.105. The van der Waals surface area contributed by atoms with Gasteiger partial charge in [0.05, 0.1) is 0 Å². The van der Waals surface area contributed by atoms with E-state index in [0.29, 0.717) is 18.7 Å². The molecule has 1 unspecified atom stereocenters. The van der Waals surface area contributed by atoms with Gasteiger partial charge in [-0.05, 0) is 51.8 Å². The second kappa shape index (κ2) is 9.93. The lowest BCUT2D eigenvalue weighted by Gasteiger charge is -2.31. The predicted octanol–water partition coefficient (Wildman–Crippen LogP) is 3.44. The number of ether oxygens (including phenoxy) is 1. The minimum Gasteiger partial charge on any atom is -0.484 e. The number of hydrogen-bond acceptors (Lipinski definition) is 3. The molecule has 0 heterocycles. The van der Waals surface area contributed by atoms with E-state index in [1.807, 2.05) is 69.3 Å². The van der Waals surface area contributed by atoms with Crippen molar-refractivity contribution in [3.05, 3.63) is 66.2 Å². The van der Waals surface area contributed by atoms with Crippen molar-refractivity contribution in [1.82, 2.24) is 10.2 Å². The van der Waals surface area contributed by atoms with Crippen LogP contribution in [0.25, 0.3) is 0 Å². The Balaban J connectivity index is 2.07. The molecular formula is C23H30N2O3. The highest BCUT2D eigenvalue weighted by Gasteiger charge is 2.28. The number of hydrogen-bond donors (Lipinski definition) is 1. The highest BCUT2D eigenvalue weighted by atomic mass is 16.5. The van der Waals surface area contributed by atoms with Crippen molar-refractivity contribution in [1.29, 1.82) is 0 Å². The maximum absolute atomic E-state index is 12.9. The summed E-state index contributed by atoms with van der Waals surface area (Å²) in [5.74, 6) is 0.246. The van der Waals surface area contributed by atoms with E-state index >= 15 is 0 Å². The van der Waals surface area contributed by atoms with Gasteiger partial charge in [0.1, 0.15) is 11.8 Å². The molecule has 0 aliphatic heterocycles. The SMILES string of the molecule is CC(C(=O)NC(C)(C)C)N(CCc1ccccc1)C(=O)COc1ccccc1. The van der Waals surface area contributed by atoms with Gasteiger partial charge >= 0.3 is 0 Å². The Morgan fingerprint density at radius 1 is 1.00 bits per heavy atom. The maximum atomic E-state index is 12.9. The van der Waals surface area contributed by atoms with Gasteiger partial charge in [0, 0.05) is 12.1 Å². The van der Waals surface area contributed by atoms with Gasteiger partial charge in [-0.3, -0.25) is 9.59 Å². The van der Waals surface area contributed by atoms with Gasteiger partial charge in [0.15, 0.2) is 6.61 Å². The Morgan fingerprint density at radius 2 is 1.57 bits per heavy atom. The molecule has 150 valence electrons. The monoisotopic (exact) mass is 382 g/mol. The van der Waals surface area contributed by atoms with Crippen LogP contribution >= 0.6 is 0 Å². The second-order valence-electron chi connectivity index (χ2n) is 7.84. The van der Waals surface area contributed by atoms with Crippen molar-refractivity contribution in [3.63, 3.8) is 0 Å². The highest BCUT2D eigenvalue weighted by molar-refractivity contribution is 5.88. The molecular weight excluding hydrogens is 352 g/mol. The lowest BCUT2D eigenvalue weighted by molar-refractivity contribution is -0.142. The molecule has 0 saturated carbocycles. The first-order chi connectivity index (χ1) is 13.3. The first-order valence-electron chi connectivity index (χ1n) is 9.59. The Morgan fingerprint density at radius 3 is 2.14 bits per heavy atom. The zero-order valence-corrected chi connectivity index (χ0v) is 17.1. The normalized spacial score (nSPS) is 12.1. The molecule has 5 heteroatoms. The summed E-state index contributed by atoms with van der Waals surface area (Å²) in [5.41, 5.74) is 0.757. The van der Waals surface area contributed by atoms with Crippen LogP contribution < -0.4 is 10.1 Å². The summed E-state index contributed by atoms with van der Waals surface area (Å²) in [6.07, 6.45) is 0.672. The van der Waals surface area contributed by atoms with Crippen LogP contribution in [0.15, 0.2) is 60.7 Å². The van der Waals surface area contributed by atoms with Gasteiger partial charge in [-0.1, -0.05) is 48.5 Å². The average molecular weight is 383 g/mol. The molecule has 0 saturated heterocycles. The molecule has 2 rings (SSSR count). The third kappa shape index (κ3) is 7.06. The smallest absolute Gasteiger partial charge is 0.261 e. The fraction of sp³-hybridized carbons (Fsp3) is 0.391. The topological polar surface area (TPSA) is 58.6 Å². The molecule has 2 aromatic carbocycles. The van der Waals surface area contributed by atoms with E-state index < -0.39 is 6.04 Å². The molecule has 1 N–H and O–H groups in total. The molecule has 1 atom stereocenters. The van der Waals surface area contributed by atoms with Crippen LogP contribution in [-0.4, -0.2) is 41.4 Å². The van der Waals surface area contributed by atoms with E-state index in [-0.39, 0.29) is 24.0 Å². The number of rotatable bonds is 8. The van der Waals surface area contributed by atoms with Crippen molar-refractivity contribution < 1.29 is 14.3 Å². The van der Waals surface area contributed by atoms with E-state index in [9.17, 15) is 9.59 Å². The van der Waals surface area contributed by atoms with Crippen LogP contribution in [0.3, 0.4) is 0 Å². The fourth-order valence-corrected chi connectivity index (χ4v) is 2.79. The third-order valence-corrected chi connectivity index (χ3v) is 4.26. The van der Waals surface area contributed by atoms with E-state index in [0.717, 1.165) is 5.56 Å². The number of nitrogens with one attached hydrogen (secondary N) is 1. The molecule has 0 aliphatic rings. The molecule has 2 amide bonds. The standard InChI is InChI=1S/C23H30N2O3/c1-18(22(27)24-23(2,3)4)25(16-15-19-11-7-5-8-12-19)21(26)17-28-20-13-9-6-10-14-20/h5-14,18H,15-17H2,1-4H3,(H,24,27). The number of para-hydroxylation sites is 1. The fourth-order valence-electron chi connectivity index (χ4n) is 2.79. The lowest BCUT2D eigenvalue weighted by atomic mass is 10.1. The molecule has 0 bridgehead atoms. The van der Waals surface area contributed by atoms with Crippen LogP contribution in [-0.2, 0) is 16.0 Å². The Labute approximate surface area is 167 Å². The van der Waals surface area contributed by atoms with Gasteiger partial charge in [0.2, 0.25) is 5.91 Å². The van der Waals surface area contributed by atoms with Crippen LogP contribution in [0.1, 0.15) is 33.3 Å². The third-order valence-electron chi connectivity index (χ3n) is 4.26. The lowest BCUT2D eigenvalue weighted by Crippen LogP contribution is -2.53. The first kappa shape index (κ1) is 21.5. The van der Waals surface area contributed by atoms with Gasteiger partial charge in [-0.25, -0.2) is 0 Å². The number of carbonyl (C=O) groups is 2. The molecule has 0 radical (unpaired) electrons. The molecule has 5 nitrogen and oxygen atoms in total.